The predicted molar refractivity (Wildman–Crippen MR) is 98.0 cm³/mol. The van der Waals surface area contributed by atoms with Crippen LogP contribution in [0.4, 0.5) is 5.69 Å². The molecule has 4 amide bonds. The summed E-state index contributed by atoms with van der Waals surface area (Å²) in [5, 5.41) is 16.4. The number of aliphatic hydroxyl groups is 1. The van der Waals surface area contributed by atoms with Crippen molar-refractivity contribution in [2.24, 2.45) is 11.5 Å². The molecule has 0 fully saturated rings. The van der Waals surface area contributed by atoms with Crippen LogP contribution in [0.25, 0.3) is 0 Å². The second-order valence-corrected chi connectivity index (χ2v) is 6.09. The molecule has 0 saturated carbocycles. The number of benzene rings is 1. The molecule has 27 heavy (non-hydrogen) atoms. The number of aliphatic hydroxyl groups excluding tert-OH is 1. The van der Waals surface area contributed by atoms with Crippen molar-refractivity contribution in [2.45, 2.75) is 45.0 Å². The van der Waals surface area contributed by atoms with Gasteiger partial charge >= 0.3 is 0 Å². The molecule has 0 aliphatic carbocycles. The molecule has 0 aliphatic rings. The number of amides is 4. The molecular formula is C17H25N5O5. The third-order valence-corrected chi connectivity index (χ3v) is 3.61. The fourth-order valence-electron chi connectivity index (χ4n) is 2.04. The molecule has 2 unspecified atom stereocenters. The summed E-state index contributed by atoms with van der Waals surface area (Å²) in [7, 11) is 0. The molecule has 148 valence electrons. The first kappa shape index (κ1) is 22.1. The second kappa shape index (κ2) is 10.2. The highest BCUT2D eigenvalue weighted by Crippen LogP contribution is 2.10. The van der Waals surface area contributed by atoms with Crippen LogP contribution in [-0.2, 0) is 25.8 Å². The van der Waals surface area contributed by atoms with Crippen LogP contribution >= 0.6 is 0 Å². The largest absolute Gasteiger partial charge is 0.392 e. The number of nitrogens with one attached hydrogen (secondary N) is 3. The fraction of sp³-hybridized carbons (Fsp3) is 0.412. The standard InChI is InChI=1S/C17H25N5O5/c1-9(18)15(25)20-10(2)16(26)22-13(7-14(19)24)17(27)21-12-5-3-11(8-23)4-6-12/h3-6,9-10,13,23H,7-8,18H2,1-2H3,(H2,19,24)(H,20,25)(H,21,27)(H,22,26)/t9?,10-,13?/m0/s1. The molecule has 0 aromatic heterocycles. The van der Waals surface area contributed by atoms with Crippen LogP contribution < -0.4 is 27.4 Å². The Bertz CT molecular complexity index is 689. The molecule has 10 nitrogen and oxygen atoms in total. The molecule has 0 spiro atoms. The van der Waals surface area contributed by atoms with Crippen molar-refractivity contribution in [2.75, 3.05) is 5.32 Å². The lowest BCUT2D eigenvalue weighted by molar-refractivity contribution is -0.131. The van der Waals surface area contributed by atoms with Crippen molar-refractivity contribution in [1.29, 1.82) is 0 Å². The maximum absolute atomic E-state index is 12.4. The van der Waals surface area contributed by atoms with E-state index in [4.69, 9.17) is 16.6 Å². The molecule has 3 atom stereocenters. The summed E-state index contributed by atoms with van der Waals surface area (Å²) in [5.74, 6) is -2.62. The fourth-order valence-corrected chi connectivity index (χ4v) is 2.04. The van der Waals surface area contributed by atoms with Gasteiger partial charge in [0, 0.05) is 5.69 Å². The van der Waals surface area contributed by atoms with E-state index in [2.05, 4.69) is 16.0 Å². The number of primary amides is 1. The van der Waals surface area contributed by atoms with E-state index in [-0.39, 0.29) is 6.61 Å². The van der Waals surface area contributed by atoms with Crippen molar-refractivity contribution < 1.29 is 24.3 Å². The number of carbonyl (C=O) groups excluding carboxylic acids is 4. The van der Waals surface area contributed by atoms with Gasteiger partial charge in [-0.1, -0.05) is 12.1 Å². The minimum absolute atomic E-state index is 0.139. The Morgan fingerprint density at radius 3 is 2.07 bits per heavy atom. The monoisotopic (exact) mass is 379 g/mol. The summed E-state index contributed by atoms with van der Waals surface area (Å²) in [5.41, 5.74) is 11.6. The molecule has 0 radical (unpaired) electrons. The summed E-state index contributed by atoms with van der Waals surface area (Å²) in [6.07, 6.45) is -0.416. The minimum atomic E-state index is -1.22. The number of nitrogens with two attached hydrogens (primary N) is 2. The van der Waals surface area contributed by atoms with E-state index < -0.39 is 48.2 Å². The zero-order valence-electron chi connectivity index (χ0n) is 15.2. The minimum Gasteiger partial charge on any atom is -0.392 e. The molecule has 1 aromatic rings. The summed E-state index contributed by atoms with van der Waals surface area (Å²) in [6.45, 7) is 2.74. The topological polar surface area (TPSA) is 177 Å². The Kier molecular flexibility index (Phi) is 8.36. The van der Waals surface area contributed by atoms with E-state index in [1.165, 1.54) is 13.8 Å². The van der Waals surface area contributed by atoms with Crippen LogP contribution in [0.3, 0.4) is 0 Å². The van der Waals surface area contributed by atoms with Crippen LogP contribution in [0.15, 0.2) is 24.3 Å². The van der Waals surface area contributed by atoms with Gasteiger partial charge < -0.3 is 32.5 Å². The highest BCUT2D eigenvalue weighted by molar-refractivity contribution is 6.00. The van der Waals surface area contributed by atoms with Crippen molar-refractivity contribution in [3.05, 3.63) is 29.8 Å². The lowest BCUT2D eigenvalue weighted by Crippen LogP contribution is -2.54. The van der Waals surface area contributed by atoms with Gasteiger partial charge in [0.15, 0.2) is 0 Å². The maximum atomic E-state index is 12.4. The summed E-state index contributed by atoms with van der Waals surface area (Å²) in [4.78, 5) is 47.4. The number of hydrogen-bond donors (Lipinski definition) is 6. The van der Waals surface area contributed by atoms with Crippen molar-refractivity contribution in [3.63, 3.8) is 0 Å². The van der Waals surface area contributed by atoms with Gasteiger partial charge in [-0.15, -0.1) is 0 Å². The summed E-state index contributed by atoms with van der Waals surface area (Å²) >= 11 is 0. The normalized spacial score (nSPS) is 13.8. The number of hydrogen-bond acceptors (Lipinski definition) is 6. The Labute approximate surface area is 156 Å². The average Bonchev–Trinajstić information content (AvgIpc) is 2.61. The third-order valence-electron chi connectivity index (χ3n) is 3.61. The first-order valence-electron chi connectivity index (χ1n) is 8.29. The highest BCUT2D eigenvalue weighted by atomic mass is 16.3. The molecular weight excluding hydrogens is 354 g/mol. The molecule has 0 saturated heterocycles. The predicted octanol–water partition coefficient (Wildman–Crippen LogP) is -1.67. The molecule has 0 bridgehead atoms. The van der Waals surface area contributed by atoms with E-state index >= 15 is 0 Å². The van der Waals surface area contributed by atoms with E-state index in [1.54, 1.807) is 24.3 Å². The molecule has 0 heterocycles. The van der Waals surface area contributed by atoms with Gasteiger partial charge in [0.25, 0.3) is 0 Å². The highest BCUT2D eigenvalue weighted by Gasteiger charge is 2.26. The van der Waals surface area contributed by atoms with Gasteiger partial charge in [-0.25, -0.2) is 0 Å². The molecule has 1 aromatic carbocycles. The number of anilines is 1. The van der Waals surface area contributed by atoms with Gasteiger partial charge in [-0.05, 0) is 31.5 Å². The van der Waals surface area contributed by atoms with Crippen molar-refractivity contribution >= 4 is 29.3 Å². The van der Waals surface area contributed by atoms with E-state index in [0.29, 0.717) is 11.3 Å². The SMILES string of the molecule is CC(N)C(=O)N[C@@H](C)C(=O)NC(CC(N)=O)C(=O)Nc1ccc(CO)cc1. The first-order valence-corrected chi connectivity index (χ1v) is 8.29. The summed E-state index contributed by atoms with van der Waals surface area (Å²) in [6, 6.07) is 3.38. The van der Waals surface area contributed by atoms with Crippen LogP contribution in [0.2, 0.25) is 0 Å². The third kappa shape index (κ3) is 7.42. The average molecular weight is 379 g/mol. The van der Waals surface area contributed by atoms with Crippen LogP contribution in [0.1, 0.15) is 25.8 Å². The quantitative estimate of drug-likeness (QED) is 0.299. The molecule has 1 rings (SSSR count). The Hall–Kier alpha value is -2.98. The van der Waals surface area contributed by atoms with Crippen LogP contribution in [0.5, 0.6) is 0 Å². The van der Waals surface area contributed by atoms with Crippen molar-refractivity contribution in [1.82, 2.24) is 10.6 Å². The van der Waals surface area contributed by atoms with E-state index in [0.717, 1.165) is 0 Å². The second-order valence-electron chi connectivity index (χ2n) is 6.09. The van der Waals surface area contributed by atoms with Crippen LogP contribution in [0, 0.1) is 0 Å². The van der Waals surface area contributed by atoms with Gasteiger partial charge in [0.05, 0.1) is 19.1 Å². The summed E-state index contributed by atoms with van der Waals surface area (Å²) < 4.78 is 0. The van der Waals surface area contributed by atoms with E-state index in [1.807, 2.05) is 0 Å². The smallest absolute Gasteiger partial charge is 0.247 e. The number of carbonyl (C=O) groups is 4. The lowest BCUT2D eigenvalue weighted by atomic mass is 10.1. The first-order chi connectivity index (χ1) is 12.6. The van der Waals surface area contributed by atoms with Crippen LogP contribution in [-0.4, -0.2) is 46.9 Å². The van der Waals surface area contributed by atoms with Gasteiger partial charge in [-0.3, -0.25) is 19.2 Å². The molecule has 0 aliphatic heterocycles. The Morgan fingerprint density at radius 2 is 1.59 bits per heavy atom. The zero-order chi connectivity index (χ0) is 20.6. The Balaban J connectivity index is 2.78. The van der Waals surface area contributed by atoms with Gasteiger partial charge in [0.2, 0.25) is 23.6 Å². The lowest BCUT2D eigenvalue weighted by Gasteiger charge is -2.21. The molecule has 10 heteroatoms. The molecule has 8 N–H and O–H groups in total. The van der Waals surface area contributed by atoms with Gasteiger partial charge in [0.1, 0.15) is 12.1 Å². The Morgan fingerprint density at radius 1 is 1.00 bits per heavy atom. The number of rotatable bonds is 9. The zero-order valence-corrected chi connectivity index (χ0v) is 15.2. The van der Waals surface area contributed by atoms with Gasteiger partial charge in [-0.2, -0.15) is 0 Å². The maximum Gasteiger partial charge on any atom is 0.247 e. The van der Waals surface area contributed by atoms with Crippen molar-refractivity contribution in [3.8, 4) is 0 Å². The van der Waals surface area contributed by atoms with E-state index in [9.17, 15) is 19.2 Å².